The minimum Gasteiger partial charge on any atom is -0.465 e. The highest BCUT2D eigenvalue weighted by Crippen LogP contribution is 2.38. The minimum absolute atomic E-state index is 0.127. The smallest absolute Gasteiger partial charge is 0.337 e. The van der Waals surface area contributed by atoms with Crippen molar-refractivity contribution in [2.24, 2.45) is 0 Å². The largest absolute Gasteiger partial charge is 0.465 e. The Labute approximate surface area is 195 Å². The molecule has 166 valence electrons. The molecule has 4 rings (SSSR count). The molecule has 0 aliphatic carbocycles. The predicted molar refractivity (Wildman–Crippen MR) is 123 cm³/mol. The summed E-state index contributed by atoms with van der Waals surface area (Å²) in [6.45, 7) is 1.74. The summed E-state index contributed by atoms with van der Waals surface area (Å²) >= 11 is 6.24. The van der Waals surface area contributed by atoms with Crippen LogP contribution in [0.2, 0.25) is 0 Å². The summed E-state index contributed by atoms with van der Waals surface area (Å²) in [5.74, 6) is -0.703. The summed E-state index contributed by atoms with van der Waals surface area (Å²) in [5, 5.41) is -0.967. The van der Waals surface area contributed by atoms with Crippen LogP contribution in [-0.4, -0.2) is 24.8 Å². The van der Waals surface area contributed by atoms with E-state index >= 15 is 0 Å². The van der Waals surface area contributed by atoms with E-state index in [2.05, 4.69) is 4.74 Å². The third-order valence-electron chi connectivity index (χ3n) is 5.09. The highest BCUT2D eigenvalue weighted by molar-refractivity contribution is 6.30. The molecule has 33 heavy (non-hydrogen) atoms. The lowest BCUT2D eigenvalue weighted by Gasteiger charge is -2.11. The summed E-state index contributed by atoms with van der Waals surface area (Å²) < 4.78 is 15.9. The van der Waals surface area contributed by atoms with Crippen LogP contribution >= 0.6 is 11.6 Å². The van der Waals surface area contributed by atoms with Gasteiger partial charge in [0, 0.05) is 6.07 Å². The van der Waals surface area contributed by atoms with Crippen molar-refractivity contribution in [3.63, 3.8) is 0 Å². The minimum atomic E-state index is -0.967. The van der Waals surface area contributed by atoms with Crippen LogP contribution in [0.5, 0.6) is 11.5 Å². The van der Waals surface area contributed by atoms with Crippen molar-refractivity contribution < 1.29 is 28.6 Å². The van der Waals surface area contributed by atoms with E-state index in [1.807, 2.05) is 6.07 Å². The number of ether oxygens (including phenoxy) is 3. The fourth-order valence-electron chi connectivity index (χ4n) is 3.45. The summed E-state index contributed by atoms with van der Waals surface area (Å²) in [4.78, 5) is 36.9. The van der Waals surface area contributed by atoms with E-state index < -0.39 is 17.3 Å². The SMILES string of the molecule is COC(=O)c1ccc(/C=C2\Oc3cc(OC(=O)C(Cl)c4ccccc4)cc(C)c3C2=O)cc1. The van der Waals surface area contributed by atoms with E-state index in [0.29, 0.717) is 33.6 Å². The zero-order valence-corrected chi connectivity index (χ0v) is 18.6. The van der Waals surface area contributed by atoms with Crippen LogP contribution in [0.1, 0.15) is 42.8 Å². The Balaban J connectivity index is 1.54. The lowest BCUT2D eigenvalue weighted by molar-refractivity contribution is -0.134. The number of ketones is 1. The van der Waals surface area contributed by atoms with Crippen LogP contribution in [0.4, 0.5) is 0 Å². The molecule has 7 heteroatoms. The van der Waals surface area contributed by atoms with Crippen LogP contribution in [0.15, 0.2) is 72.5 Å². The zero-order chi connectivity index (χ0) is 23.5. The first-order valence-corrected chi connectivity index (χ1v) is 10.5. The molecule has 3 aromatic carbocycles. The maximum atomic E-state index is 12.9. The molecule has 0 saturated carbocycles. The third-order valence-corrected chi connectivity index (χ3v) is 5.52. The Morgan fingerprint density at radius 3 is 2.39 bits per heavy atom. The topological polar surface area (TPSA) is 78.9 Å². The van der Waals surface area contributed by atoms with E-state index in [9.17, 15) is 14.4 Å². The van der Waals surface area contributed by atoms with Crippen molar-refractivity contribution in [1.82, 2.24) is 0 Å². The Bertz CT molecular complexity index is 1260. The number of Topliss-reactive ketones (excluding diaryl/α,β-unsaturated/α-hetero) is 1. The van der Waals surface area contributed by atoms with E-state index in [4.69, 9.17) is 21.1 Å². The number of aryl methyl sites for hydroxylation is 1. The van der Waals surface area contributed by atoms with Gasteiger partial charge in [-0.25, -0.2) is 9.59 Å². The molecule has 6 nitrogen and oxygen atoms in total. The molecule has 1 heterocycles. The van der Waals surface area contributed by atoms with Crippen molar-refractivity contribution in [3.8, 4) is 11.5 Å². The number of benzene rings is 3. The standard InChI is InChI=1S/C26H19ClO6/c1-15-12-19(32-26(30)23(27)17-6-4-3-5-7-17)14-20-22(15)24(28)21(33-20)13-16-8-10-18(11-9-16)25(29)31-2/h3-14,23H,1-2H3/b21-13-. The number of methoxy groups -OCH3 is 1. The van der Waals surface area contributed by atoms with Gasteiger partial charge in [-0.15, -0.1) is 11.6 Å². The quantitative estimate of drug-likeness (QED) is 0.222. The molecule has 0 amide bonds. The molecule has 0 bridgehead atoms. The fourth-order valence-corrected chi connectivity index (χ4v) is 3.64. The zero-order valence-electron chi connectivity index (χ0n) is 17.8. The number of fused-ring (bicyclic) bond motifs is 1. The van der Waals surface area contributed by atoms with Gasteiger partial charge in [0.2, 0.25) is 5.78 Å². The number of halogens is 1. The first-order chi connectivity index (χ1) is 15.9. The van der Waals surface area contributed by atoms with Gasteiger partial charge in [0.05, 0.1) is 18.2 Å². The monoisotopic (exact) mass is 462 g/mol. The number of alkyl halides is 1. The molecule has 1 unspecified atom stereocenters. The maximum absolute atomic E-state index is 12.9. The first kappa shape index (κ1) is 22.3. The van der Waals surface area contributed by atoms with Crippen molar-refractivity contribution in [3.05, 3.63) is 100 Å². The summed E-state index contributed by atoms with van der Waals surface area (Å²) in [5.41, 5.74) is 2.71. The maximum Gasteiger partial charge on any atom is 0.337 e. The lowest BCUT2D eigenvalue weighted by atomic mass is 10.0. The average Bonchev–Trinajstić information content (AvgIpc) is 3.14. The van der Waals surface area contributed by atoms with Gasteiger partial charge in [-0.05, 0) is 47.9 Å². The van der Waals surface area contributed by atoms with E-state index in [-0.39, 0.29) is 17.3 Å². The number of rotatable bonds is 5. The van der Waals surface area contributed by atoms with Gasteiger partial charge in [0.1, 0.15) is 11.5 Å². The first-order valence-electron chi connectivity index (χ1n) is 10.1. The van der Waals surface area contributed by atoms with E-state index in [1.54, 1.807) is 67.6 Å². The molecule has 0 aromatic heterocycles. The molecule has 1 aliphatic rings. The van der Waals surface area contributed by atoms with Crippen LogP contribution in [0.25, 0.3) is 6.08 Å². The number of carbonyl (C=O) groups is 3. The second-order valence-corrected chi connectivity index (χ2v) is 7.80. The summed E-state index contributed by atoms with van der Waals surface area (Å²) in [6, 6.07) is 18.5. The molecular weight excluding hydrogens is 444 g/mol. The van der Waals surface area contributed by atoms with Crippen LogP contribution in [0, 0.1) is 6.92 Å². The number of esters is 2. The molecule has 0 spiro atoms. The van der Waals surface area contributed by atoms with E-state index in [0.717, 1.165) is 0 Å². The lowest BCUT2D eigenvalue weighted by Crippen LogP contribution is -2.14. The molecule has 1 atom stereocenters. The van der Waals surface area contributed by atoms with Crippen molar-refractivity contribution in [1.29, 1.82) is 0 Å². The summed E-state index contributed by atoms with van der Waals surface area (Å²) in [6.07, 6.45) is 1.58. The molecular formula is C26H19ClO6. The van der Waals surface area contributed by atoms with Gasteiger partial charge in [0.25, 0.3) is 0 Å². The van der Waals surface area contributed by atoms with Gasteiger partial charge < -0.3 is 14.2 Å². The molecule has 0 N–H and O–H groups in total. The van der Waals surface area contributed by atoms with Crippen LogP contribution < -0.4 is 9.47 Å². The van der Waals surface area contributed by atoms with Crippen molar-refractivity contribution in [2.45, 2.75) is 12.3 Å². The Kier molecular flexibility index (Phi) is 6.29. The Morgan fingerprint density at radius 2 is 1.73 bits per heavy atom. The number of allylic oxidation sites excluding steroid dienone is 1. The molecule has 0 fully saturated rings. The second kappa shape index (κ2) is 9.30. The molecule has 0 saturated heterocycles. The Morgan fingerprint density at radius 1 is 1.03 bits per heavy atom. The normalized spacial score (nSPS) is 14.4. The van der Waals surface area contributed by atoms with Gasteiger partial charge in [-0.2, -0.15) is 0 Å². The van der Waals surface area contributed by atoms with Crippen LogP contribution in [-0.2, 0) is 9.53 Å². The van der Waals surface area contributed by atoms with Gasteiger partial charge in [-0.1, -0.05) is 42.5 Å². The molecule has 0 radical (unpaired) electrons. The predicted octanol–water partition coefficient (Wildman–Crippen LogP) is 5.28. The van der Waals surface area contributed by atoms with Crippen LogP contribution in [0.3, 0.4) is 0 Å². The third kappa shape index (κ3) is 4.66. The summed E-state index contributed by atoms with van der Waals surface area (Å²) in [7, 11) is 1.31. The number of hydrogen-bond donors (Lipinski definition) is 0. The highest BCUT2D eigenvalue weighted by atomic mass is 35.5. The average molecular weight is 463 g/mol. The van der Waals surface area contributed by atoms with Gasteiger partial charge in [-0.3, -0.25) is 4.79 Å². The highest BCUT2D eigenvalue weighted by Gasteiger charge is 2.31. The number of hydrogen-bond acceptors (Lipinski definition) is 6. The van der Waals surface area contributed by atoms with Gasteiger partial charge >= 0.3 is 11.9 Å². The fraction of sp³-hybridized carbons (Fsp3) is 0.115. The van der Waals surface area contributed by atoms with E-state index in [1.165, 1.54) is 13.2 Å². The molecule has 1 aliphatic heterocycles. The van der Waals surface area contributed by atoms with Crippen molar-refractivity contribution >= 4 is 35.4 Å². The Hall–Kier alpha value is -3.90. The second-order valence-electron chi connectivity index (χ2n) is 7.36. The number of carbonyl (C=O) groups excluding carboxylic acids is 3. The van der Waals surface area contributed by atoms with Crippen molar-refractivity contribution in [2.75, 3.05) is 7.11 Å². The van der Waals surface area contributed by atoms with Gasteiger partial charge in [0.15, 0.2) is 11.1 Å². The molecule has 3 aromatic rings.